The monoisotopic (exact) mass is 312 g/mol. The van der Waals surface area contributed by atoms with Crippen molar-refractivity contribution < 1.29 is 12.8 Å². The first-order chi connectivity index (χ1) is 9.82. The zero-order chi connectivity index (χ0) is 15.6. The van der Waals surface area contributed by atoms with Crippen LogP contribution in [0, 0.1) is 6.92 Å². The normalized spacial score (nSPS) is 12.2. The van der Waals surface area contributed by atoms with Gasteiger partial charge >= 0.3 is 0 Å². The molecule has 0 atom stereocenters. The van der Waals surface area contributed by atoms with Crippen LogP contribution in [-0.2, 0) is 30.2 Å². The van der Waals surface area contributed by atoms with Crippen molar-refractivity contribution in [3.05, 3.63) is 35.3 Å². The molecule has 2 rings (SSSR count). The molecule has 7 nitrogen and oxygen atoms in total. The van der Waals surface area contributed by atoms with Crippen LogP contribution in [0.5, 0.6) is 0 Å². The van der Waals surface area contributed by atoms with Crippen molar-refractivity contribution in [3.8, 4) is 0 Å². The Morgan fingerprint density at radius 3 is 2.62 bits per heavy atom. The van der Waals surface area contributed by atoms with E-state index >= 15 is 0 Å². The van der Waals surface area contributed by atoms with E-state index in [1.807, 2.05) is 24.9 Å². The number of sulfonamides is 1. The molecule has 0 saturated carbocycles. The number of rotatable bonds is 6. The average Bonchev–Trinajstić information content (AvgIpc) is 3.01. The highest BCUT2D eigenvalue weighted by molar-refractivity contribution is 7.88. The molecule has 2 aromatic heterocycles. The fourth-order valence-corrected chi connectivity index (χ4v) is 2.62. The molecule has 0 aliphatic heterocycles. The minimum absolute atomic E-state index is 0.0399. The standard InChI is InChI=1S/C13H20N4O3S/c1-10-11(8-15-17(10)4)7-14-9-12-5-6-13(20-12)21(18,19)16(2)3/h5-6,8,14H,7,9H2,1-4H3. The maximum atomic E-state index is 11.9. The molecular weight excluding hydrogens is 292 g/mol. The lowest BCUT2D eigenvalue weighted by molar-refractivity contribution is 0.389. The fourth-order valence-electron chi connectivity index (χ4n) is 1.81. The maximum Gasteiger partial charge on any atom is 0.275 e. The predicted molar refractivity (Wildman–Crippen MR) is 78.1 cm³/mol. The molecule has 0 amide bonds. The molecule has 0 spiro atoms. The summed E-state index contributed by atoms with van der Waals surface area (Å²) in [4.78, 5) is 0. The van der Waals surface area contributed by atoms with E-state index in [-0.39, 0.29) is 5.09 Å². The van der Waals surface area contributed by atoms with E-state index in [9.17, 15) is 8.42 Å². The molecule has 0 aliphatic carbocycles. The Hall–Kier alpha value is -1.64. The van der Waals surface area contributed by atoms with Crippen molar-refractivity contribution in [3.63, 3.8) is 0 Å². The molecule has 0 bridgehead atoms. The van der Waals surface area contributed by atoms with Gasteiger partial charge in [0.15, 0.2) is 0 Å². The Morgan fingerprint density at radius 1 is 1.33 bits per heavy atom. The summed E-state index contributed by atoms with van der Waals surface area (Å²) >= 11 is 0. The van der Waals surface area contributed by atoms with Gasteiger partial charge in [0, 0.05) is 38.9 Å². The predicted octanol–water partition coefficient (Wildman–Crippen LogP) is 0.862. The number of nitrogens with one attached hydrogen (secondary N) is 1. The SMILES string of the molecule is Cc1c(CNCc2ccc(S(=O)(=O)N(C)C)o2)cnn1C. The highest BCUT2D eigenvalue weighted by Crippen LogP contribution is 2.16. The van der Waals surface area contributed by atoms with Crippen LogP contribution >= 0.6 is 0 Å². The van der Waals surface area contributed by atoms with Crippen LogP contribution in [0.3, 0.4) is 0 Å². The topological polar surface area (TPSA) is 80.4 Å². The van der Waals surface area contributed by atoms with Crippen molar-refractivity contribution in [2.45, 2.75) is 25.1 Å². The lowest BCUT2D eigenvalue weighted by Gasteiger charge is -2.08. The summed E-state index contributed by atoms with van der Waals surface area (Å²) < 4.78 is 32.1. The number of nitrogens with zero attached hydrogens (tertiary/aromatic N) is 3. The third-order valence-corrected chi connectivity index (χ3v) is 5.01. The lowest BCUT2D eigenvalue weighted by Crippen LogP contribution is -2.21. The van der Waals surface area contributed by atoms with Crippen molar-refractivity contribution in [2.24, 2.45) is 7.05 Å². The number of aromatic nitrogens is 2. The van der Waals surface area contributed by atoms with Crippen LogP contribution in [0.4, 0.5) is 0 Å². The first-order valence-electron chi connectivity index (χ1n) is 6.52. The fraction of sp³-hybridized carbons (Fsp3) is 0.462. The molecule has 0 aliphatic rings. The van der Waals surface area contributed by atoms with E-state index in [2.05, 4.69) is 10.4 Å². The van der Waals surface area contributed by atoms with Gasteiger partial charge in [0.2, 0.25) is 5.09 Å². The second-order valence-corrected chi connectivity index (χ2v) is 7.07. The van der Waals surface area contributed by atoms with E-state index in [0.29, 0.717) is 18.8 Å². The third kappa shape index (κ3) is 3.34. The molecular formula is C13H20N4O3S. The zero-order valence-corrected chi connectivity index (χ0v) is 13.4. The van der Waals surface area contributed by atoms with Crippen LogP contribution < -0.4 is 5.32 Å². The van der Waals surface area contributed by atoms with Gasteiger partial charge in [0.05, 0.1) is 12.7 Å². The number of hydrogen-bond donors (Lipinski definition) is 1. The van der Waals surface area contributed by atoms with Crippen LogP contribution in [0.2, 0.25) is 0 Å². The van der Waals surface area contributed by atoms with E-state index in [1.165, 1.54) is 20.2 Å². The smallest absolute Gasteiger partial charge is 0.275 e. The summed E-state index contributed by atoms with van der Waals surface area (Å²) in [5, 5.41) is 7.34. The second-order valence-electron chi connectivity index (χ2n) is 4.99. The average molecular weight is 312 g/mol. The van der Waals surface area contributed by atoms with E-state index < -0.39 is 10.0 Å². The summed E-state index contributed by atoms with van der Waals surface area (Å²) in [6.07, 6.45) is 1.81. The molecule has 2 heterocycles. The largest absolute Gasteiger partial charge is 0.447 e. The molecule has 1 N–H and O–H groups in total. The van der Waals surface area contributed by atoms with Gasteiger partial charge in [-0.3, -0.25) is 4.68 Å². The number of furan rings is 1. The number of hydrogen-bond acceptors (Lipinski definition) is 5. The second kappa shape index (κ2) is 6.00. The highest BCUT2D eigenvalue weighted by atomic mass is 32.2. The van der Waals surface area contributed by atoms with Crippen LogP contribution in [0.1, 0.15) is 17.0 Å². The summed E-state index contributed by atoms with van der Waals surface area (Å²) in [5.74, 6) is 0.581. The molecule has 2 aromatic rings. The Kier molecular flexibility index (Phi) is 4.50. The molecule has 0 unspecified atom stereocenters. The molecule has 21 heavy (non-hydrogen) atoms. The van der Waals surface area contributed by atoms with Gasteiger partial charge in [0.25, 0.3) is 10.0 Å². The molecule has 0 aromatic carbocycles. The minimum Gasteiger partial charge on any atom is -0.447 e. The minimum atomic E-state index is -3.51. The maximum absolute atomic E-state index is 11.9. The first-order valence-corrected chi connectivity index (χ1v) is 7.96. The zero-order valence-electron chi connectivity index (χ0n) is 12.6. The van der Waals surface area contributed by atoms with Gasteiger partial charge in [-0.1, -0.05) is 0 Å². The summed E-state index contributed by atoms with van der Waals surface area (Å²) in [6.45, 7) is 3.10. The molecule has 0 radical (unpaired) electrons. The van der Waals surface area contributed by atoms with Crippen LogP contribution in [-0.4, -0.2) is 36.6 Å². The lowest BCUT2D eigenvalue weighted by atomic mass is 10.2. The van der Waals surface area contributed by atoms with Gasteiger partial charge in [-0.15, -0.1) is 0 Å². The van der Waals surface area contributed by atoms with Gasteiger partial charge in [-0.05, 0) is 19.1 Å². The molecule has 0 saturated heterocycles. The van der Waals surface area contributed by atoms with Crippen molar-refractivity contribution in [1.29, 1.82) is 0 Å². The van der Waals surface area contributed by atoms with Gasteiger partial charge < -0.3 is 9.73 Å². The number of aryl methyl sites for hydroxylation is 1. The van der Waals surface area contributed by atoms with Crippen LogP contribution in [0.25, 0.3) is 0 Å². The van der Waals surface area contributed by atoms with Gasteiger partial charge in [0.1, 0.15) is 5.76 Å². The van der Waals surface area contributed by atoms with Gasteiger partial charge in [-0.25, -0.2) is 12.7 Å². The summed E-state index contributed by atoms with van der Waals surface area (Å²) in [5.41, 5.74) is 2.20. The summed E-state index contributed by atoms with van der Waals surface area (Å²) in [7, 11) is 1.33. The Bertz CT molecular complexity index is 716. The Balaban J connectivity index is 1.96. The molecule has 116 valence electrons. The van der Waals surface area contributed by atoms with Crippen LogP contribution in [0.15, 0.2) is 27.8 Å². The summed E-state index contributed by atoms with van der Waals surface area (Å²) in [6, 6.07) is 3.14. The Labute approximate surface area is 124 Å². The quantitative estimate of drug-likeness (QED) is 0.856. The third-order valence-electron chi connectivity index (χ3n) is 3.32. The highest BCUT2D eigenvalue weighted by Gasteiger charge is 2.21. The molecule has 0 fully saturated rings. The molecule has 8 heteroatoms. The van der Waals surface area contributed by atoms with E-state index in [1.54, 1.807) is 6.07 Å². The van der Waals surface area contributed by atoms with E-state index in [0.717, 1.165) is 15.6 Å². The van der Waals surface area contributed by atoms with Crippen molar-refractivity contribution >= 4 is 10.0 Å². The van der Waals surface area contributed by atoms with Crippen molar-refractivity contribution in [2.75, 3.05) is 14.1 Å². The van der Waals surface area contributed by atoms with E-state index in [4.69, 9.17) is 4.42 Å². The first kappa shape index (κ1) is 15.7. The van der Waals surface area contributed by atoms with Crippen molar-refractivity contribution in [1.82, 2.24) is 19.4 Å². The Morgan fingerprint density at radius 2 is 2.05 bits per heavy atom. The van der Waals surface area contributed by atoms with Gasteiger partial charge in [-0.2, -0.15) is 5.10 Å².